The van der Waals surface area contributed by atoms with Crippen molar-refractivity contribution in [1.82, 2.24) is 14.9 Å². The number of hydrogen-bond acceptors (Lipinski definition) is 3. The number of H-pyrrole nitrogens is 1. The van der Waals surface area contributed by atoms with Gasteiger partial charge in [-0.15, -0.1) is 0 Å². The molecular weight excluding hydrogens is 422 g/mol. The molecule has 4 rings (SSSR count). The first-order chi connectivity index (χ1) is 15.5. The summed E-state index contributed by atoms with van der Waals surface area (Å²) in [5.41, 5.74) is 3.18. The molecular formula is C26H22ClN3O2. The van der Waals surface area contributed by atoms with Gasteiger partial charge in [-0.2, -0.15) is 0 Å². The van der Waals surface area contributed by atoms with Gasteiger partial charge in [0.2, 0.25) is 5.91 Å². The summed E-state index contributed by atoms with van der Waals surface area (Å²) in [6, 6.07) is 22.5. The Kier molecular flexibility index (Phi) is 6.47. The highest BCUT2D eigenvalue weighted by Crippen LogP contribution is 2.18. The van der Waals surface area contributed by atoms with E-state index in [-0.39, 0.29) is 18.0 Å². The van der Waals surface area contributed by atoms with Gasteiger partial charge in [0.05, 0.1) is 17.4 Å². The average Bonchev–Trinajstić information content (AvgIpc) is 2.80. The van der Waals surface area contributed by atoms with Crippen molar-refractivity contribution in [2.75, 3.05) is 0 Å². The largest absolute Gasteiger partial charge is 0.327 e. The Bertz CT molecular complexity index is 1350. The van der Waals surface area contributed by atoms with Crippen LogP contribution in [0, 0.1) is 6.92 Å². The molecule has 1 aromatic heterocycles. The molecule has 1 heterocycles. The summed E-state index contributed by atoms with van der Waals surface area (Å²) < 4.78 is 0. The fraction of sp³-hybridized carbons (Fsp3) is 0.115. The number of fused-ring (bicyclic) bond motifs is 1. The molecule has 0 aliphatic heterocycles. The van der Waals surface area contributed by atoms with E-state index in [0.717, 1.165) is 16.7 Å². The third-order valence-electron chi connectivity index (χ3n) is 5.14. The predicted octanol–water partition coefficient (Wildman–Crippen LogP) is 5.13. The van der Waals surface area contributed by atoms with Crippen molar-refractivity contribution in [2.45, 2.75) is 20.0 Å². The zero-order valence-corrected chi connectivity index (χ0v) is 18.3. The van der Waals surface area contributed by atoms with Gasteiger partial charge in [0.25, 0.3) is 5.56 Å². The van der Waals surface area contributed by atoms with Crippen LogP contribution in [0.25, 0.3) is 17.0 Å². The lowest BCUT2D eigenvalue weighted by Crippen LogP contribution is -2.30. The Morgan fingerprint density at radius 2 is 1.78 bits per heavy atom. The number of benzene rings is 3. The summed E-state index contributed by atoms with van der Waals surface area (Å²) in [6.07, 6.45) is 3.26. The summed E-state index contributed by atoms with van der Waals surface area (Å²) in [6.45, 7) is 2.49. The van der Waals surface area contributed by atoms with Crippen molar-refractivity contribution in [3.05, 3.63) is 117 Å². The van der Waals surface area contributed by atoms with Gasteiger partial charge in [-0.3, -0.25) is 9.59 Å². The van der Waals surface area contributed by atoms with Gasteiger partial charge in [0.1, 0.15) is 5.82 Å². The number of nitrogens with one attached hydrogen (secondary N) is 1. The lowest BCUT2D eigenvalue weighted by atomic mass is 10.1. The first-order valence-corrected chi connectivity index (χ1v) is 10.6. The normalized spacial score (nSPS) is 11.2. The summed E-state index contributed by atoms with van der Waals surface area (Å²) in [5.74, 6) is 0.242. The van der Waals surface area contributed by atoms with Crippen LogP contribution in [0.2, 0.25) is 5.02 Å². The maximum absolute atomic E-state index is 13.1. The van der Waals surface area contributed by atoms with E-state index in [2.05, 4.69) is 9.97 Å². The molecule has 0 fully saturated rings. The van der Waals surface area contributed by atoms with Crippen LogP contribution in [-0.4, -0.2) is 20.8 Å². The molecule has 5 nitrogen and oxygen atoms in total. The molecule has 0 bridgehead atoms. The fourth-order valence-electron chi connectivity index (χ4n) is 3.39. The molecule has 4 aromatic rings. The van der Waals surface area contributed by atoms with Crippen molar-refractivity contribution in [2.24, 2.45) is 0 Å². The Morgan fingerprint density at radius 1 is 1.03 bits per heavy atom. The van der Waals surface area contributed by atoms with Crippen LogP contribution in [0.1, 0.15) is 22.5 Å². The molecule has 0 aliphatic rings. The number of aryl methyl sites for hydroxylation is 1. The quantitative estimate of drug-likeness (QED) is 0.420. The first kappa shape index (κ1) is 21.5. The number of carbonyl (C=O) groups is 1. The highest BCUT2D eigenvalue weighted by Gasteiger charge is 2.15. The average molecular weight is 444 g/mol. The Morgan fingerprint density at radius 3 is 2.56 bits per heavy atom. The third kappa shape index (κ3) is 5.13. The van der Waals surface area contributed by atoms with Gasteiger partial charge in [-0.05, 0) is 47.9 Å². The van der Waals surface area contributed by atoms with Crippen LogP contribution in [-0.2, 0) is 17.9 Å². The third-order valence-corrected chi connectivity index (χ3v) is 5.55. The van der Waals surface area contributed by atoms with Crippen molar-refractivity contribution < 1.29 is 4.79 Å². The molecule has 0 saturated carbocycles. The molecule has 1 amide bonds. The summed E-state index contributed by atoms with van der Waals surface area (Å²) >= 11 is 6.20. The molecule has 160 valence electrons. The monoisotopic (exact) mass is 443 g/mol. The lowest BCUT2D eigenvalue weighted by Gasteiger charge is -2.21. The highest BCUT2D eigenvalue weighted by molar-refractivity contribution is 6.31. The molecule has 0 radical (unpaired) electrons. The second-order valence-electron chi connectivity index (χ2n) is 7.55. The van der Waals surface area contributed by atoms with E-state index in [1.165, 1.54) is 6.08 Å². The van der Waals surface area contributed by atoms with Gasteiger partial charge in [0.15, 0.2) is 0 Å². The van der Waals surface area contributed by atoms with Crippen LogP contribution in [0.3, 0.4) is 0 Å². The van der Waals surface area contributed by atoms with Gasteiger partial charge < -0.3 is 9.88 Å². The molecule has 32 heavy (non-hydrogen) atoms. The summed E-state index contributed by atoms with van der Waals surface area (Å²) in [7, 11) is 0. The maximum atomic E-state index is 13.1. The minimum atomic E-state index is -0.220. The zero-order chi connectivity index (χ0) is 22.5. The van der Waals surface area contributed by atoms with Crippen LogP contribution < -0.4 is 5.56 Å². The van der Waals surface area contributed by atoms with Crippen molar-refractivity contribution in [3.8, 4) is 0 Å². The Labute approximate surface area is 191 Å². The van der Waals surface area contributed by atoms with Gasteiger partial charge in [-0.1, -0.05) is 66.2 Å². The Balaban J connectivity index is 1.62. The lowest BCUT2D eigenvalue weighted by molar-refractivity contribution is -0.127. The number of carbonyl (C=O) groups excluding carboxylic acids is 1. The van der Waals surface area contributed by atoms with E-state index in [1.807, 2.05) is 61.5 Å². The number of para-hydroxylation sites is 1. The zero-order valence-electron chi connectivity index (χ0n) is 17.6. The minimum absolute atomic E-state index is 0.173. The molecule has 0 atom stereocenters. The van der Waals surface area contributed by atoms with Crippen molar-refractivity contribution in [3.63, 3.8) is 0 Å². The predicted molar refractivity (Wildman–Crippen MR) is 128 cm³/mol. The van der Waals surface area contributed by atoms with Crippen molar-refractivity contribution >= 4 is 34.5 Å². The molecule has 0 saturated heterocycles. The number of nitrogens with zero attached hydrogens (tertiary/aromatic N) is 2. The summed E-state index contributed by atoms with van der Waals surface area (Å²) in [5, 5.41) is 1.17. The maximum Gasteiger partial charge on any atom is 0.258 e. The van der Waals surface area contributed by atoms with E-state index in [0.29, 0.717) is 28.3 Å². The molecule has 0 aliphatic carbocycles. The second-order valence-corrected chi connectivity index (χ2v) is 7.96. The van der Waals surface area contributed by atoms with Crippen LogP contribution in [0.5, 0.6) is 0 Å². The second kappa shape index (κ2) is 9.62. The summed E-state index contributed by atoms with van der Waals surface area (Å²) in [4.78, 5) is 34.6. The fourth-order valence-corrected chi connectivity index (χ4v) is 3.58. The van der Waals surface area contributed by atoms with Crippen LogP contribution in [0.15, 0.2) is 83.7 Å². The molecule has 0 spiro atoms. The standard InChI is InChI=1S/C26H22ClN3O2/c1-18-11-12-19(15-22(18)27)13-14-25(31)30(16-20-7-3-2-4-8-20)17-24-28-23-10-6-5-9-21(23)26(32)29-24/h2-15H,16-17H2,1H3,(H,28,29,32)/b14-13+. The van der Waals surface area contributed by atoms with E-state index in [1.54, 1.807) is 29.2 Å². The molecule has 3 aromatic carbocycles. The van der Waals surface area contributed by atoms with Crippen molar-refractivity contribution in [1.29, 1.82) is 0 Å². The van der Waals surface area contributed by atoms with E-state index < -0.39 is 0 Å². The Hall–Kier alpha value is -3.70. The van der Waals surface area contributed by atoms with E-state index >= 15 is 0 Å². The highest BCUT2D eigenvalue weighted by atomic mass is 35.5. The van der Waals surface area contributed by atoms with Gasteiger partial charge in [-0.25, -0.2) is 4.98 Å². The first-order valence-electron chi connectivity index (χ1n) is 10.2. The minimum Gasteiger partial charge on any atom is -0.327 e. The molecule has 6 heteroatoms. The number of rotatable bonds is 6. The molecule has 1 N–H and O–H groups in total. The number of hydrogen-bond donors (Lipinski definition) is 1. The van der Waals surface area contributed by atoms with E-state index in [9.17, 15) is 9.59 Å². The number of aromatic nitrogens is 2. The smallest absolute Gasteiger partial charge is 0.258 e. The number of halogens is 1. The van der Waals surface area contributed by atoms with Gasteiger partial charge >= 0.3 is 0 Å². The van der Waals surface area contributed by atoms with Crippen LogP contribution >= 0.6 is 11.6 Å². The molecule has 0 unspecified atom stereocenters. The van der Waals surface area contributed by atoms with E-state index in [4.69, 9.17) is 11.6 Å². The number of amides is 1. The number of aromatic amines is 1. The SMILES string of the molecule is Cc1ccc(/C=C/C(=O)N(Cc2ccccc2)Cc2nc3ccccc3c(=O)[nH]2)cc1Cl. The van der Waals surface area contributed by atoms with Crippen LogP contribution in [0.4, 0.5) is 0 Å². The van der Waals surface area contributed by atoms with Gasteiger partial charge in [0, 0.05) is 17.6 Å². The topological polar surface area (TPSA) is 66.1 Å².